The van der Waals surface area contributed by atoms with Crippen LogP contribution < -0.4 is 5.73 Å². The summed E-state index contributed by atoms with van der Waals surface area (Å²) in [6.45, 7) is 3.65. The number of carboxylic acid groups (broad SMARTS) is 1. The van der Waals surface area contributed by atoms with Gasteiger partial charge in [0.05, 0.1) is 16.9 Å². The number of nitrogens with zero attached hydrogens (tertiary/aromatic N) is 1. The molecule has 0 bridgehead atoms. The molecule has 0 amide bonds. The van der Waals surface area contributed by atoms with Crippen molar-refractivity contribution in [1.29, 1.82) is 0 Å². The van der Waals surface area contributed by atoms with Gasteiger partial charge < -0.3 is 10.8 Å². The summed E-state index contributed by atoms with van der Waals surface area (Å²) in [7, 11) is 0. The van der Waals surface area contributed by atoms with Crippen molar-refractivity contribution < 1.29 is 9.90 Å². The van der Waals surface area contributed by atoms with E-state index in [9.17, 15) is 4.79 Å². The molecule has 0 saturated carbocycles. The molecule has 3 N–H and O–H groups in total. The third-order valence-electron chi connectivity index (χ3n) is 1.83. The molecular formula is C9H12N2O2. The predicted molar refractivity (Wildman–Crippen MR) is 49.7 cm³/mol. The Balaban J connectivity index is 3.35. The quantitative estimate of drug-likeness (QED) is 0.717. The first-order valence-corrected chi connectivity index (χ1v) is 4.05. The second kappa shape index (κ2) is 3.43. The molecule has 4 nitrogen and oxygen atoms in total. The molecule has 0 fully saturated rings. The molecule has 0 aliphatic carbocycles. The Kier molecular flexibility index (Phi) is 2.51. The Hall–Kier alpha value is -1.58. The Labute approximate surface area is 76.4 Å². The van der Waals surface area contributed by atoms with E-state index >= 15 is 0 Å². The number of aryl methyl sites for hydroxylation is 2. The summed E-state index contributed by atoms with van der Waals surface area (Å²) in [5.74, 6) is -1.00. The molecule has 0 radical (unpaired) electrons. The van der Waals surface area contributed by atoms with Crippen LogP contribution in [0.3, 0.4) is 0 Å². The van der Waals surface area contributed by atoms with Crippen LogP contribution in [-0.4, -0.2) is 16.1 Å². The molecule has 0 saturated heterocycles. The molecule has 70 valence electrons. The number of aromatic nitrogens is 1. The van der Waals surface area contributed by atoms with Gasteiger partial charge in [0.15, 0.2) is 0 Å². The van der Waals surface area contributed by atoms with E-state index < -0.39 is 5.97 Å². The Bertz CT molecular complexity index is 348. The summed E-state index contributed by atoms with van der Waals surface area (Å²) < 4.78 is 0. The largest absolute Gasteiger partial charge is 0.478 e. The molecule has 0 aromatic carbocycles. The molecule has 1 rings (SSSR count). The fourth-order valence-electron chi connectivity index (χ4n) is 1.19. The lowest BCUT2D eigenvalue weighted by atomic mass is 10.1. The highest BCUT2D eigenvalue weighted by atomic mass is 16.4. The number of nitrogens with two attached hydrogens (primary N) is 1. The summed E-state index contributed by atoms with van der Waals surface area (Å²) in [4.78, 5) is 14.9. The molecule has 1 aromatic heterocycles. The lowest BCUT2D eigenvalue weighted by molar-refractivity contribution is 0.0697. The molecule has 0 unspecified atom stereocenters. The maximum absolute atomic E-state index is 10.7. The van der Waals surface area contributed by atoms with Crippen molar-refractivity contribution in [2.45, 2.75) is 20.3 Å². The van der Waals surface area contributed by atoms with Crippen LogP contribution in [0, 0.1) is 6.92 Å². The van der Waals surface area contributed by atoms with Crippen molar-refractivity contribution in [3.05, 3.63) is 23.0 Å². The zero-order valence-electron chi connectivity index (χ0n) is 7.66. The van der Waals surface area contributed by atoms with Crippen LogP contribution in [0.1, 0.15) is 28.7 Å². The third kappa shape index (κ3) is 1.77. The average Bonchev–Trinajstić information content (AvgIpc) is 2.08. The van der Waals surface area contributed by atoms with Crippen LogP contribution in [0.2, 0.25) is 0 Å². The van der Waals surface area contributed by atoms with Crippen molar-refractivity contribution in [3.63, 3.8) is 0 Å². The van der Waals surface area contributed by atoms with E-state index in [4.69, 9.17) is 10.8 Å². The third-order valence-corrected chi connectivity index (χ3v) is 1.83. The van der Waals surface area contributed by atoms with Gasteiger partial charge in [-0.25, -0.2) is 4.79 Å². The number of anilines is 1. The smallest absolute Gasteiger partial charge is 0.337 e. The van der Waals surface area contributed by atoms with Crippen LogP contribution in [0.25, 0.3) is 0 Å². The van der Waals surface area contributed by atoms with Gasteiger partial charge in [-0.05, 0) is 19.4 Å². The molecule has 0 aliphatic heterocycles. The van der Waals surface area contributed by atoms with Gasteiger partial charge in [-0.1, -0.05) is 6.92 Å². The van der Waals surface area contributed by atoms with Gasteiger partial charge in [-0.2, -0.15) is 0 Å². The number of hydrogen-bond donors (Lipinski definition) is 2. The van der Waals surface area contributed by atoms with Crippen molar-refractivity contribution in [3.8, 4) is 0 Å². The molecule has 4 heteroatoms. The van der Waals surface area contributed by atoms with Crippen molar-refractivity contribution in [1.82, 2.24) is 4.98 Å². The van der Waals surface area contributed by atoms with E-state index in [1.807, 2.05) is 6.92 Å². The van der Waals surface area contributed by atoms with E-state index in [0.29, 0.717) is 17.8 Å². The molecule has 0 atom stereocenters. The van der Waals surface area contributed by atoms with Crippen molar-refractivity contribution in [2.75, 3.05) is 5.73 Å². The predicted octanol–water partition coefficient (Wildman–Crippen LogP) is 1.23. The zero-order chi connectivity index (χ0) is 10.0. The van der Waals surface area contributed by atoms with Crippen LogP contribution in [0.4, 0.5) is 5.69 Å². The number of hydrogen-bond acceptors (Lipinski definition) is 3. The number of nitrogen functional groups attached to an aromatic ring is 1. The molecule has 0 spiro atoms. The molecule has 1 heterocycles. The molecule has 1 aromatic rings. The van der Waals surface area contributed by atoms with Gasteiger partial charge in [0, 0.05) is 5.69 Å². The van der Waals surface area contributed by atoms with Crippen LogP contribution in [0.5, 0.6) is 0 Å². The maximum atomic E-state index is 10.7. The zero-order valence-corrected chi connectivity index (χ0v) is 7.66. The van der Waals surface area contributed by atoms with Crippen molar-refractivity contribution >= 4 is 11.7 Å². The Morgan fingerprint density at radius 1 is 1.69 bits per heavy atom. The topological polar surface area (TPSA) is 76.2 Å². The van der Waals surface area contributed by atoms with Crippen LogP contribution >= 0.6 is 0 Å². The number of carbonyl (C=O) groups is 1. The lowest BCUT2D eigenvalue weighted by Gasteiger charge is -2.06. The average molecular weight is 180 g/mol. The standard InChI is InChI=1S/C9H12N2O2/c1-3-7-8(10)6(9(12)13)4-5(2)11-7/h4H,3,10H2,1-2H3,(H,12,13). The number of rotatable bonds is 2. The first-order chi connectivity index (χ1) is 6.06. The summed E-state index contributed by atoms with van der Waals surface area (Å²) >= 11 is 0. The maximum Gasteiger partial charge on any atom is 0.337 e. The number of carboxylic acids is 1. The normalized spacial score (nSPS) is 10.0. The minimum atomic E-state index is -1.00. The van der Waals surface area contributed by atoms with Crippen molar-refractivity contribution in [2.24, 2.45) is 0 Å². The highest BCUT2D eigenvalue weighted by Crippen LogP contribution is 2.17. The molecule has 0 aliphatic rings. The van der Waals surface area contributed by atoms with E-state index in [1.165, 1.54) is 6.07 Å². The number of pyridine rings is 1. The Morgan fingerprint density at radius 3 is 2.77 bits per heavy atom. The monoisotopic (exact) mass is 180 g/mol. The summed E-state index contributed by atoms with van der Waals surface area (Å²) in [5, 5.41) is 8.80. The van der Waals surface area contributed by atoms with Crippen LogP contribution in [-0.2, 0) is 6.42 Å². The second-order valence-corrected chi connectivity index (χ2v) is 2.83. The highest BCUT2D eigenvalue weighted by Gasteiger charge is 2.12. The van der Waals surface area contributed by atoms with Gasteiger partial charge in [-0.3, -0.25) is 4.98 Å². The first-order valence-electron chi connectivity index (χ1n) is 4.05. The van der Waals surface area contributed by atoms with E-state index in [-0.39, 0.29) is 11.3 Å². The SMILES string of the molecule is CCc1nc(C)cc(C(=O)O)c1N. The second-order valence-electron chi connectivity index (χ2n) is 2.83. The first kappa shape index (κ1) is 9.51. The van der Waals surface area contributed by atoms with Gasteiger partial charge >= 0.3 is 5.97 Å². The van der Waals surface area contributed by atoms with Gasteiger partial charge in [-0.15, -0.1) is 0 Å². The van der Waals surface area contributed by atoms with E-state index in [0.717, 1.165) is 0 Å². The van der Waals surface area contributed by atoms with Gasteiger partial charge in [0.2, 0.25) is 0 Å². The van der Waals surface area contributed by atoms with Gasteiger partial charge in [0.1, 0.15) is 0 Å². The minimum Gasteiger partial charge on any atom is -0.478 e. The lowest BCUT2D eigenvalue weighted by Crippen LogP contribution is -2.08. The Morgan fingerprint density at radius 2 is 2.31 bits per heavy atom. The fourth-order valence-corrected chi connectivity index (χ4v) is 1.19. The van der Waals surface area contributed by atoms with E-state index in [2.05, 4.69) is 4.98 Å². The molecule has 13 heavy (non-hydrogen) atoms. The summed E-state index contributed by atoms with van der Waals surface area (Å²) in [5.41, 5.74) is 7.38. The minimum absolute atomic E-state index is 0.143. The van der Waals surface area contributed by atoms with Gasteiger partial charge in [0.25, 0.3) is 0 Å². The molecular weight excluding hydrogens is 168 g/mol. The number of aromatic carboxylic acids is 1. The summed E-state index contributed by atoms with van der Waals surface area (Å²) in [6, 6.07) is 1.48. The van der Waals surface area contributed by atoms with Crippen LogP contribution in [0.15, 0.2) is 6.07 Å². The fraction of sp³-hybridized carbons (Fsp3) is 0.333. The van der Waals surface area contributed by atoms with E-state index in [1.54, 1.807) is 6.92 Å². The summed E-state index contributed by atoms with van der Waals surface area (Å²) in [6.07, 6.45) is 0.647. The highest BCUT2D eigenvalue weighted by molar-refractivity contribution is 5.94.